The lowest BCUT2D eigenvalue weighted by atomic mass is 9.97. The van der Waals surface area contributed by atoms with Gasteiger partial charge in [-0.25, -0.2) is 0 Å². The molecule has 0 aliphatic rings. The van der Waals surface area contributed by atoms with Gasteiger partial charge >= 0.3 is 0 Å². The summed E-state index contributed by atoms with van der Waals surface area (Å²) in [6.45, 7) is 4.48. The normalized spacial score (nSPS) is 13.7. The topological polar surface area (TPSA) is 55.6 Å². The van der Waals surface area contributed by atoms with Crippen molar-refractivity contribution >= 4 is 5.91 Å². The van der Waals surface area contributed by atoms with Gasteiger partial charge in [-0.3, -0.25) is 4.79 Å². The minimum atomic E-state index is 0.0741. The molecular weight excluding hydrogens is 240 g/mol. The summed E-state index contributed by atoms with van der Waals surface area (Å²) >= 11 is 0. The SMILES string of the molecule is COc1cccc(C(C)CC(=O)N(C)C(C)CN)c1. The number of benzene rings is 1. The van der Waals surface area contributed by atoms with E-state index in [4.69, 9.17) is 10.5 Å². The first-order valence-corrected chi connectivity index (χ1v) is 6.59. The minimum Gasteiger partial charge on any atom is -0.497 e. The molecule has 0 radical (unpaired) electrons. The molecule has 106 valence electrons. The monoisotopic (exact) mass is 264 g/mol. The van der Waals surface area contributed by atoms with Crippen LogP contribution in [0.1, 0.15) is 31.7 Å². The van der Waals surface area contributed by atoms with Gasteiger partial charge in [0.25, 0.3) is 0 Å². The highest BCUT2D eigenvalue weighted by Crippen LogP contribution is 2.23. The second-order valence-corrected chi connectivity index (χ2v) is 4.97. The first-order valence-electron chi connectivity index (χ1n) is 6.59. The van der Waals surface area contributed by atoms with Crippen LogP contribution in [0.25, 0.3) is 0 Å². The fourth-order valence-electron chi connectivity index (χ4n) is 1.88. The standard InChI is InChI=1S/C15H24N2O2/c1-11(8-15(18)17(3)12(2)10-16)13-6-5-7-14(9-13)19-4/h5-7,9,11-12H,8,10,16H2,1-4H3. The number of nitrogens with zero attached hydrogens (tertiary/aromatic N) is 1. The molecule has 19 heavy (non-hydrogen) atoms. The highest BCUT2D eigenvalue weighted by atomic mass is 16.5. The Kier molecular flexibility index (Phi) is 5.83. The second-order valence-electron chi connectivity index (χ2n) is 4.97. The van der Waals surface area contributed by atoms with Crippen molar-refractivity contribution < 1.29 is 9.53 Å². The molecule has 0 heterocycles. The Balaban J connectivity index is 2.68. The van der Waals surface area contributed by atoms with Crippen LogP contribution < -0.4 is 10.5 Å². The Morgan fingerprint density at radius 2 is 2.11 bits per heavy atom. The number of rotatable bonds is 6. The molecule has 1 rings (SSSR count). The molecule has 0 bridgehead atoms. The van der Waals surface area contributed by atoms with Gasteiger partial charge in [-0.05, 0) is 30.5 Å². The van der Waals surface area contributed by atoms with Crippen molar-refractivity contribution in [1.29, 1.82) is 0 Å². The average molecular weight is 264 g/mol. The van der Waals surface area contributed by atoms with Crippen LogP contribution >= 0.6 is 0 Å². The van der Waals surface area contributed by atoms with E-state index in [1.165, 1.54) is 0 Å². The van der Waals surface area contributed by atoms with E-state index in [2.05, 4.69) is 0 Å². The van der Waals surface area contributed by atoms with Gasteiger partial charge in [0.15, 0.2) is 0 Å². The third-order valence-corrected chi connectivity index (χ3v) is 3.54. The van der Waals surface area contributed by atoms with Crippen LogP contribution in [-0.4, -0.2) is 37.6 Å². The first kappa shape index (κ1) is 15.5. The summed E-state index contributed by atoms with van der Waals surface area (Å²) in [7, 11) is 3.45. The molecular formula is C15H24N2O2. The third kappa shape index (κ3) is 4.24. The molecule has 2 unspecified atom stereocenters. The Morgan fingerprint density at radius 3 is 2.68 bits per heavy atom. The number of methoxy groups -OCH3 is 1. The number of hydrogen-bond donors (Lipinski definition) is 1. The van der Waals surface area contributed by atoms with E-state index in [0.29, 0.717) is 13.0 Å². The van der Waals surface area contributed by atoms with Crippen LogP contribution in [0.3, 0.4) is 0 Å². The van der Waals surface area contributed by atoms with Crippen LogP contribution in [0.5, 0.6) is 5.75 Å². The Morgan fingerprint density at radius 1 is 1.42 bits per heavy atom. The van der Waals surface area contributed by atoms with Gasteiger partial charge < -0.3 is 15.4 Å². The van der Waals surface area contributed by atoms with Gasteiger partial charge in [0.05, 0.1) is 7.11 Å². The van der Waals surface area contributed by atoms with Gasteiger partial charge in [-0.15, -0.1) is 0 Å². The number of likely N-dealkylation sites (N-methyl/N-ethyl adjacent to an activating group) is 1. The predicted molar refractivity (Wildman–Crippen MR) is 77.3 cm³/mol. The zero-order chi connectivity index (χ0) is 14.4. The summed E-state index contributed by atoms with van der Waals surface area (Å²) in [5, 5.41) is 0. The maximum Gasteiger partial charge on any atom is 0.223 e. The van der Waals surface area contributed by atoms with E-state index in [1.54, 1.807) is 19.1 Å². The lowest BCUT2D eigenvalue weighted by Gasteiger charge is -2.25. The number of nitrogens with two attached hydrogens (primary N) is 1. The van der Waals surface area contributed by atoms with Gasteiger partial charge in [0.2, 0.25) is 5.91 Å². The molecule has 2 N–H and O–H groups in total. The van der Waals surface area contributed by atoms with E-state index in [1.807, 2.05) is 38.1 Å². The summed E-state index contributed by atoms with van der Waals surface area (Å²) in [5.74, 6) is 1.10. The number of carbonyl (C=O) groups is 1. The van der Waals surface area contributed by atoms with Crippen molar-refractivity contribution in [3.8, 4) is 5.75 Å². The van der Waals surface area contributed by atoms with Crippen molar-refractivity contribution in [1.82, 2.24) is 4.90 Å². The van der Waals surface area contributed by atoms with Gasteiger partial charge in [-0.2, -0.15) is 0 Å². The van der Waals surface area contributed by atoms with Crippen molar-refractivity contribution in [2.75, 3.05) is 20.7 Å². The molecule has 2 atom stereocenters. The molecule has 0 spiro atoms. The number of carbonyl (C=O) groups excluding carboxylic acids is 1. The second kappa shape index (κ2) is 7.14. The molecule has 0 aliphatic carbocycles. The molecule has 4 nitrogen and oxygen atoms in total. The van der Waals surface area contributed by atoms with Crippen molar-refractivity contribution in [2.24, 2.45) is 5.73 Å². The lowest BCUT2D eigenvalue weighted by Crippen LogP contribution is -2.40. The van der Waals surface area contributed by atoms with E-state index < -0.39 is 0 Å². The van der Waals surface area contributed by atoms with Gasteiger partial charge in [-0.1, -0.05) is 19.1 Å². The number of ether oxygens (including phenoxy) is 1. The molecule has 1 aromatic carbocycles. The first-order chi connectivity index (χ1) is 8.99. The highest BCUT2D eigenvalue weighted by Gasteiger charge is 2.18. The summed E-state index contributed by atoms with van der Waals surface area (Å²) in [6.07, 6.45) is 0.480. The molecule has 0 aliphatic heterocycles. The van der Waals surface area contributed by atoms with Crippen LogP contribution in [0.15, 0.2) is 24.3 Å². The van der Waals surface area contributed by atoms with Crippen molar-refractivity contribution in [3.05, 3.63) is 29.8 Å². The van der Waals surface area contributed by atoms with E-state index in [0.717, 1.165) is 11.3 Å². The van der Waals surface area contributed by atoms with E-state index in [-0.39, 0.29) is 17.9 Å². The maximum atomic E-state index is 12.1. The minimum absolute atomic E-state index is 0.0741. The molecule has 0 aromatic heterocycles. The van der Waals surface area contributed by atoms with Gasteiger partial charge in [0.1, 0.15) is 5.75 Å². The van der Waals surface area contributed by atoms with E-state index >= 15 is 0 Å². The Bertz CT molecular complexity index is 420. The summed E-state index contributed by atoms with van der Waals surface area (Å²) in [6, 6.07) is 7.92. The Hall–Kier alpha value is -1.55. The quantitative estimate of drug-likeness (QED) is 0.855. The average Bonchev–Trinajstić information content (AvgIpc) is 2.45. The number of amides is 1. The summed E-state index contributed by atoms with van der Waals surface area (Å²) < 4.78 is 5.20. The van der Waals surface area contributed by atoms with E-state index in [9.17, 15) is 4.79 Å². The summed E-state index contributed by atoms with van der Waals surface area (Å²) in [4.78, 5) is 13.8. The highest BCUT2D eigenvalue weighted by molar-refractivity contribution is 5.77. The fourth-order valence-corrected chi connectivity index (χ4v) is 1.88. The van der Waals surface area contributed by atoms with Crippen LogP contribution in [0, 0.1) is 0 Å². The Labute approximate surface area is 115 Å². The zero-order valence-electron chi connectivity index (χ0n) is 12.2. The van der Waals surface area contributed by atoms with Crippen molar-refractivity contribution in [3.63, 3.8) is 0 Å². The zero-order valence-corrected chi connectivity index (χ0v) is 12.2. The molecule has 0 saturated heterocycles. The molecule has 0 fully saturated rings. The fraction of sp³-hybridized carbons (Fsp3) is 0.533. The van der Waals surface area contributed by atoms with Gasteiger partial charge in [0, 0.05) is 26.1 Å². The smallest absolute Gasteiger partial charge is 0.223 e. The van der Waals surface area contributed by atoms with Crippen molar-refractivity contribution in [2.45, 2.75) is 32.2 Å². The van der Waals surface area contributed by atoms with Crippen LogP contribution in [0.4, 0.5) is 0 Å². The molecule has 4 heteroatoms. The maximum absolute atomic E-state index is 12.1. The van der Waals surface area contributed by atoms with Crippen LogP contribution in [0.2, 0.25) is 0 Å². The molecule has 1 aromatic rings. The predicted octanol–water partition coefficient (Wildman–Crippen LogP) is 1.99. The molecule has 1 amide bonds. The van der Waals surface area contributed by atoms with Crippen LogP contribution in [-0.2, 0) is 4.79 Å². The third-order valence-electron chi connectivity index (χ3n) is 3.54. The largest absolute Gasteiger partial charge is 0.497 e. The summed E-state index contributed by atoms with van der Waals surface area (Å²) in [5.41, 5.74) is 6.69. The lowest BCUT2D eigenvalue weighted by molar-refractivity contribution is -0.131. The number of hydrogen-bond acceptors (Lipinski definition) is 3. The molecule has 0 saturated carbocycles.